The minimum Gasteiger partial charge on any atom is -0.515 e. The Balaban J connectivity index is 1.46. The number of aliphatic hydroxyl groups is 1. The highest BCUT2D eigenvalue weighted by molar-refractivity contribution is 6.37. The summed E-state index contributed by atoms with van der Waals surface area (Å²) in [6.45, 7) is 0. The van der Waals surface area contributed by atoms with Crippen molar-refractivity contribution in [1.82, 2.24) is 4.98 Å². The van der Waals surface area contributed by atoms with E-state index in [2.05, 4.69) is 29.2 Å². The molecule has 0 saturated heterocycles. The molecular weight excluding hydrogens is 641 g/mol. The van der Waals surface area contributed by atoms with Gasteiger partial charge in [-0.1, -0.05) is 121 Å². The van der Waals surface area contributed by atoms with E-state index in [0.717, 1.165) is 73.6 Å². The lowest BCUT2D eigenvalue weighted by Gasteiger charge is -2.12. The predicted molar refractivity (Wildman–Crippen MR) is 209 cm³/mol. The predicted octanol–water partition coefficient (Wildman–Crippen LogP) is 7.62. The number of rotatable bonds is 5. The summed E-state index contributed by atoms with van der Waals surface area (Å²) < 4.78 is 0. The van der Waals surface area contributed by atoms with Crippen LogP contribution in [0, 0.1) is 0 Å². The van der Waals surface area contributed by atoms with Crippen molar-refractivity contribution in [3.63, 3.8) is 0 Å². The molecular formula is C46H30N4O2. The molecule has 0 spiro atoms. The topological polar surface area (TPSA) is 90.2 Å². The van der Waals surface area contributed by atoms with Crippen LogP contribution in [-0.2, 0) is 4.79 Å². The smallest absolute Gasteiger partial charge is 0.152 e. The van der Waals surface area contributed by atoms with Crippen LogP contribution in [0.15, 0.2) is 207 Å². The van der Waals surface area contributed by atoms with Crippen molar-refractivity contribution < 1.29 is 9.90 Å². The lowest BCUT2D eigenvalue weighted by atomic mass is 9.95. The van der Waals surface area contributed by atoms with E-state index in [4.69, 9.17) is 15.0 Å². The van der Waals surface area contributed by atoms with Gasteiger partial charge < -0.3 is 10.1 Å². The molecule has 5 heterocycles. The maximum absolute atomic E-state index is 12.9. The van der Waals surface area contributed by atoms with Crippen LogP contribution in [0.1, 0.15) is 22.3 Å². The van der Waals surface area contributed by atoms with Gasteiger partial charge in [-0.2, -0.15) is 0 Å². The molecule has 4 aliphatic heterocycles. The molecule has 1 aromatic heterocycles. The van der Waals surface area contributed by atoms with E-state index >= 15 is 0 Å². The fourth-order valence-corrected chi connectivity index (χ4v) is 7.15. The van der Waals surface area contributed by atoms with Crippen molar-refractivity contribution in [3.05, 3.63) is 225 Å². The second kappa shape index (κ2) is 12.9. The number of nitrogens with zero attached hydrogens (tertiary/aromatic N) is 3. The standard InChI is InChI=1S/C46H30N4O2/c51-27-33-25-39-42(30-15-7-2-8-16-30)37-22-21-35(47-37)41(29-13-5-1-6-14-29)36-23-24-38(48-36)43(31-17-9-3-10-18-31)45-34(28-52)26-40(50-45)44(46(33)49-39)32-19-11-4-12-20-32/h1-28,48,52H/b34-28-,41-36?,42-37?,43-38?,46-44?. The molecule has 0 aliphatic carbocycles. The maximum Gasteiger partial charge on any atom is 0.152 e. The quantitative estimate of drug-likeness (QED) is 0.149. The number of H-pyrrole nitrogens is 1. The normalized spacial score (nSPS) is 17.3. The number of hydrogen-bond acceptors (Lipinski definition) is 5. The van der Waals surface area contributed by atoms with E-state index < -0.39 is 0 Å². The van der Waals surface area contributed by atoms with Crippen molar-refractivity contribution in [2.24, 2.45) is 15.0 Å². The first-order chi connectivity index (χ1) is 25.7. The number of carbonyl (C=O) groups excluding carboxylic acids is 1. The first kappa shape index (κ1) is 30.8. The van der Waals surface area contributed by atoms with Gasteiger partial charge >= 0.3 is 0 Å². The number of benzene rings is 4. The van der Waals surface area contributed by atoms with Crippen molar-refractivity contribution in [2.75, 3.05) is 0 Å². The monoisotopic (exact) mass is 670 g/mol. The van der Waals surface area contributed by atoms with Gasteiger partial charge in [-0.25, -0.2) is 15.0 Å². The van der Waals surface area contributed by atoms with Crippen LogP contribution in [0.2, 0.25) is 0 Å². The van der Waals surface area contributed by atoms with E-state index in [0.29, 0.717) is 39.5 Å². The molecule has 4 aromatic carbocycles. The molecule has 0 amide bonds. The zero-order chi connectivity index (χ0) is 35.0. The van der Waals surface area contributed by atoms with Crippen molar-refractivity contribution in [2.45, 2.75) is 0 Å². The molecule has 246 valence electrons. The lowest BCUT2D eigenvalue weighted by Crippen LogP contribution is -2.21. The van der Waals surface area contributed by atoms with Crippen LogP contribution in [0.4, 0.5) is 0 Å². The number of aliphatic imine (C=N–C) groups is 3. The highest BCUT2D eigenvalue weighted by atomic mass is 16.2. The molecule has 4 aliphatic rings. The summed E-state index contributed by atoms with van der Waals surface area (Å²) in [5.74, 6) is 0. The Bertz CT molecular complexity index is 2700. The summed E-state index contributed by atoms with van der Waals surface area (Å²) in [5.41, 5.74) is 11.7. The van der Waals surface area contributed by atoms with Crippen LogP contribution < -0.4 is 10.7 Å². The maximum atomic E-state index is 12.9. The van der Waals surface area contributed by atoms with Crippen LogP contribution in [0.25, 0.3) is 22.3 Å². The molecule has 0 radical (unpaired) electrons. The van der Waals surface area contributed by atoms with Gasteiger partial charge in [0.25, 0.3) is 0 Å². The van der Waals surface area contributed by atoms with Crippen LogP contribution >= 0.6 is 0 Å². The first-order valence-electron chi connectivity index (χ1n) is 17.0. The summed E-state index contributed by atoms with van der Waals surface area (Å²) in [6, 6.07) is 44.2. The molecule has 6 nitrogen and oxygen atoms in total. The number of aromatic nitrogens is 1. The number of nitrogens with one attached hydrogen (secondary N) is 1. The number of allylic oxidation sites excluding steroid dienone is 8. The molecule has 0 unspecified atom stereocenters. The Morgan fingerprint density at radius 1 is 0.519 bits per heavy atom. The number of aromatic amines is 1. The molecule has 0 atom stereocenters. The molecule has 9 rings (SSSR count). The average Bonchev–Trinajstić information content (AvgIpc) is 4.03. The van der Waals surface area contributed by atoms with Crippen molar-refractivity contribution in [1.29, 1.82) is 0 Å². The van der Waals surface area contributed by atoms with Crippen LogP contribution in [-0.4, -0.2) is 33.5 Å². The number of aliphatic hydroxyl groups excluding tert-OH is 1. The molecule has 0 fully saturated rings. The molecule has 5 aromatic rings. The minimum absolute atomic E-state index is 0.426. The summed E-state index contributed by atoms with van der Waals surface area (Å²) in [4.78, 5) is 32.5. The van der Waals surface area contributed by atoms with E-state index in [9.17, 15) is 9.90 Å². The Labute approximate surface area is 300 Å². The number of carbonyl (C=O) groups is 1. The Hall–Kier alpha value is -7.18. The van der Waals surface area contributed by atoms with E-state index in [-0.39, 0.29) is 0 Å². The zero-order valence-corrected chi connectivity index (χ0v) is 27.9. The highest BCUT2D eigenvalue weighted by Gasteiger charge is 2.30. The highest BCUT2D eigenvalue weighted by Crippen LogP contribution is 2.40. The van der Waals surface area contributed by atoms with Gasteiger partial charge in [0.1, 0.15) is 0 Å². The SMILES string of the molecule is O=CC1=CC2=NC1=C(c1ccccc1)C1=C/C(=C/O)C(=N1)C(c1ccccc1)=c1ccc([nH]1)=C(c1ccccc1)C1=NC(=C2c2ccccc2)C=C1. The molecule has 6 heteroatoms. The molecule has 2 N–H and O–H groups in total. The number of aldehydes is 1. The third-order valence-electron chi connectivity index (χ3n) is 9.47. The van der Waals surface area contributed by atoms with E-state index in [1.165, 1.54) is 0 Å². The van der Waals surface area contributed by atoms with Gasteiger partial charge in [0, 0.05) is 44.1 Å². The second-order valence-electron chi connectivity index (χ2n) is 12.6. The van der Waals surface area contributed by atoms with E-state index in [1.807, 2.05) is 133 Å². The molecule has 0 saturated carbocycles. The van der Waals surface area contributed by atoms with E-state index in [1.54, 1.807) is 0 Å². The third-order valence-corrected chi connectivity index (χ3v) is 9.47. The summed E-state index contributed by atoms with van der Waals surface area (Å²) in [6.07, 6.45) is 9.70. The van der Waals surface area contributed by atoms with Crippen molar-refractivity contribution in [3.8, 4) is 0 Å². The van der Waals surface area contributed by atoms with Crippen LogP contribution in [0.3, 0.4) is 0 Å². The average molecular weight is 671 g/mol. The fourth-order valence-electron chi connectivity index (χ4n) is 7.15. The number of hydrogen-bond donors (Lipinski definition) is 2. The Morgan fingerprint density at radius 3 is 1.63 bits per heavy atom. The van der Waals surface area contributed by atoms with Gasteiger partial charge in [-0.3, -0.25) is 4.79 Å². The summed E-state index contributed by atoms with van der Waals surface area (Å²) in [5, 5.41) is 12.5. The Morgan fingerprint density at radius 2 is 1.06 bits per heavy atom. The third kappa shape index (κ3) is 5.30. The number of fused-ring (bicyclic) bond motifs is 5. The van der Waals surface area contributed by atoms with Gasteiger partial charge in [0.15, 0.2) is 6.29 Å². The summed E-state index contributed by atoms with van der Waals surface area (Å²) >= 11 is 0. The second-order valence-corrected chi connectivity index (χ2v) is 12.6. The molecule has 52 heavy (non-hydrogen) atoms. The summed E-state index contributed by atoms with van der Waals surface area (Å²) in [7, 11) is 0. The minimum atomic E-state index is 0.426. The van der Waals surface area contributed by atoms with Gasteiger partial charge in [0.05, 0.1) is 40.5 Å². The van der Waals surface area contributed by atoms with Gasteiger partial charge in [0.2, 0.25) is 0 Å². The van der Waals surface area contributed by atoms with Gasteiger partial charge in [-0.05, 0) is 58.7 Å². The Kier molecular flexibility index (Phi) is 7.67. The first-order valence-corrected chi connectivity index (χ1v) is 17.0. The fraction of sp³-hybridized carbons (Fsp3) is 0. The lowest BCUT2D eigenvalue weighted by molar-refractivity contribution is -0.104. The molecule has 8 bridgehead atoms. The van der Waals surface area contributed by atoms with Gasteiger partial charge in [-0.15, -0.1) is 0 Å². The largest absolute Gasteiger partial charge is 0.515 e. The van der Waals surface area contributed by atoms with Crippen LogP contribution in [0.5, 0.6) is 0 Å². The van der Waals surface area contributed by atoms with Crippen molar-refractivity contribution >= 4 is 45.7 Å². The zero-order valence-electron chi connectivity index (χ0n) is 27.9.